The second kappa shape index (κ2) is 6.34. The van der Waals surface area contributed by atoms with Crippen LogP contribution < -0.4 is 5.32 Å². The summed E-state index contributed by atoms with van der Waals surface area (Å²) in [5.41, 5.74) is 1.74. The van der Waals surface area contributed by atoms with Crippen molar-refractivity contribution in [1.82, 2.24) is 5.32 Å². The SMILES string of the molecule is CC#CCCNC(=O)c1cc(C)cc(Br)c1. The lowest BCUT2D eigenvalue weighted by atomic mass is 10.1. The van der Waals surface area contributed by atoms with Crippen molar-refractivity contribution in [1.29, 1.82) is 0 Å². The summed E-state index contributed by atoms with van der Waals surface area (Å²) in [6, 6.07) is 5.65. The Kier molecular flexibility index (Phi) is 5.07. The lowest BCUT2D eigenvalue weighted by Crippen LogP contribution is -2.24. The Morgan fingerprint density at radius 1 is 1.44 bits per heavy atom. The molecule has 1 aromatic carbocycles. The molecule has 0 aromatic heterocycles. The average molecular weight is 280 g/mol. The van der Waals surface area contributed by atoms with Crippen molar-refractivity contribution < 1.29 is 4.79 Å². The summed E-state index contributed by atoms with van der Waals surface area (Å²) in [5.74, 6) is 5.64. The van der Waals surface area contributed by atoms with Gasteiger partial charge < -0.3 is 5.32 Å². The third kappa shape index (κ3) is 4.08. The Hall–Kier alpha value is -1.27. The molecule has 1 N–H and O–H groups in total. The molecule has 0 aliphatic rings. The molecular weight excluding hydrogens is 266 g/mol. The summed E-state index contributed by atoms with van der Waals surface area (Å²) in [6.45, 7) is 4.34. The molecular formula is C13H14BrNO. The third-order valence-corrected chi connectivity index (χ3v) is 2.47. The maximum absolute atomic E-state index is 11.7. The number of carbonyl (C=O) groups is 1. The number of hydrogen-bond donors (Lipinski definition) is 1. The minimum atomic E-state index is -0.0534. The summed E-state index contributed by atoms with van der Waals surface area (Å²) in [5, 5.41) is 2.83. The van der Waals surface area contributed by atoms with Crippen molar-refractivity contribution in [2.24, 2.45) is 0 Å². The van der Waals surface area contributed by atoms with Crippen molar-refractivity contribution >= 4 is 21.8 Å². The molecule has 0 heterocycles. The monoisotopic (exact) mass is 279 g/mol. The van der Waals surface area contributed by atoms with Gasteiger partial charge >= 0.3 is 0 Å². The van der Waals surface area contributed by atoms with E-state index in [4.69, 9.17) is 0 Å². The number of aryl methyl sites for hydroxylation is 1. The molecule has 0 saturated carbocycles. The molecule has 1 aromatic rings. The minimum absolute atomic E-state index is 0.0534. The molecule has 0 atom stereocenters. The van der Waals surface area contributed by atoms with Crippen LogP contribution in [0.15, 0.2) is 22.7 Å². The first-order valence-electron chi connectivity index (χ1n) is 5.08. The number of hydrogen-bond acceptors (Lipinski definition) is 1. The van der Waals surface area contributed by atoms with E-state index in [1.807, 2.05) is 25.1 Å². The second-order valence-electron chi connectivity index (χ2n) is 3.45. The fraction of sp³-hybridized carbons (Fsp3) is 0.308. The van der Waals surface area contributed by atoms with Crippen molar-refractivity contribution in [3.63, 3.8) is 0 Å². The molecule has 1 rings (SSSR count). The Labute approximate surface area is 105 Å². The van der Waals surface area contributed by atoms with Crippen LogP contribution in [0.1, 0.15) is 29.3 Å². The maximum Gasteiger partial charge on any atom is 0.251 e. The van der Waals surface area contributed by atoms with Gasteiger partial charge in [0.05, 0.1) is 0 Å². The van der Waals surface area contributed by atoms with Crippen molar-refractivity contribution in [3.8, 4) is 11.8 Å². The molecule has 1 amide bonds. The molecule has 0 spiro atoms. The van der Waals surface area contributed by atoms with Gasteiger partial charge in [-0.15, -0.1) is 11.8 Å². The smallest absolute Gasteiger partial charge is 0.251 e. The van der Waals surface area contributed by atoms with Gasteiger partial charge in [0.25, 0.3) is 5.91 Å². The van der Waals surface area contributed by atoms with Crippen LogP contribution in [0, 0.1) is 18.8 Å². The van der Waals surface area contributed by atoms with Crippen molar-refractivity contribution in [2.75, 3.05) is 6.54 Å². The van der Waals surface area contributed by atoms with Crippen LogP contribution in [0.4, 0.5) is 0 Å². The molecule has 0 bridgehead atoms. The number of halogens is 1. The Bertz CT molecular complexity index is 423. The third-order valence-electron chi connectivity index (χ3n) is 2.02. The predicted molar refractivity (Wildman–Crippen MR) is 69.3 cm³/mol. The van der Waals surface area contributed by atoms with Gasteiger partial charge in [-0.1, -0.05) is 15.9 Å². The van der Waals surface area contributed by atoms with Gasteiger partial charge in [-0.25, -0.2) is 0 Å². The molecule has 0 aliphatic carbocycles. The number of benzene rings is 1. The Balaban J connectivity index is 2.61. The second-order valence-corrected chi connectivity index (χ2v) is 4.37. The van der Waals surface area contributed by atoms with Crippen molar-refractivity contribution in [2.45, 2.75) is 20.3 Å². The normalized spacial score (nSPS) is 9.19. The maximum atomic E-state index is 11.7. The topological polar surface area (TPSA) is 29.1 Å². The molecule has 0 fully saturated rings. The zero-order valence-corrected chi connectivity index (χ0v) is 11.0. The van der Waals surface area contributed by atoms with Gasteiger partial charge in [0.15, 0.2) is 0 Å². The summed E-state index contributed by atoms with van der Waals surface area (Å²) in [6.07, 6.45) is 0.690. The average Bonchev–Trinajstić information content (AvgIpc) is 2.22. The standard InChI is InChI=1S/C13H14BrNO/c1-3-4-5-6-15-13(16)11-7-10(2)8-12(14)9-11/h7-9H,5-6H2,1-2H3,(H,15,16). The number of carbonyl (C=O) groups excluding carboxylic acids is 1. The minimum Gasteiger partial charge on any atom is -0.351 e. The summed E-state index contributed by atoms with van der Waals surface area (Å²) >= 11 is 3.37. The van der Waals surface area contributed by atoms with E-state index < -0.39 is 0 Å². The van der Waals surface area contributed by atoms with Gasteiger partial charge in [-0.3, -0.25) is 4.79 Å². The van der Waals surface area contributed by atoms with E-state index in [0.717, 1.165) is 10.0 Å². The fourth-order valence-electron chi connectivity index (χ4n) is 1.33. The van der Waals surface area contributed by atoms with Gasteiger partial charge in [0, 0.05) is 23.0 Å². The van der Waals surface area contributed by atoms with E-state index in [9.17, 15) is 4.79 Å². The molecule has 0 radical (unpaired) electrons. The molecule has 0 aliphatic heterocycles. The van der Waals surface area contributed by atoms with Crippen LogP contribution in [0.2, 0.25) is 0 Å². The highest BCUT2D eigenvalue weighted by Gasteiger charge is 2.05. The quantitative estimate of drug-likeness (QED) is 0.669. The fourth-order valence-corrected chi connectivity index (χ4v) is 1.94. The summed E-state index contributed by atoms with van der Waals surface area (Å²) in [7, 11) is 0. The van der Waals surface area contributed by atoms with Gasteiger partial charge in [-0.05, 0) is 37.6 Å². The number of amides is 1. The highest BCUT2D eigenvalue weighted by Crippen LogP contribution is 2.15. The molecule has 2 nitrogen and oxygen atoms in total. The first-order chi connectivity index (χ1) is 7.63. The Morgan fingerprint density at radius 2 is 2.19 bits per heavy atom. The molecule has 84 valence electrons. The van der Waals surface area contributed by atoms with Crippen LogP contribution >= 0.6 is 15.9 Å². The van der Waals surface area contributed by atoms with Gasteiger partial charge in [0.2, 0.25) is 0 Å². The van der Waals surface area contributed by atoms with E-state index in [1.54, 1.807) is 6.92 Å². The van der Waals surface area contributed by atoms with Gasteiger partial charge in [0.1, 0.15) is 0 Å². The number of rotatable bonds is 3. The first kappa shape index (κ1) is 12.8. The highest BCUT2D eigenvalue weighted by atomic mass is 79.9. The van der Waals surface area contributed by atoms with E-state index in [1.165, 1.54) is 0 Å². The molecule has 0 unspecified atom stereocenters. The van der Waals surface area contributed by atoms with Gasteiger partial charge in [-0.2, -0.15) is 0 Å². The molecule has 0 saturated heterocycles. The summed E-state index contributed by atoms with van der Waals surface area (Å²) < 4.78 is 0.922. The highest BCUT2D eigenvalue weighted by molar-refractivity contribution is 9.10. The predicted octanol–water partition coefficient (Wildman–Crippen LogP) is 2.90. The van der Waals surface area contributed by atoms with E-state index in [2.05, 4.69) is 33.1 Å². The first-order valence-corrected chi connectivity index (χ1v) is 5.88. The lowest BCUT2D eigenvalue weighted by Gasteiger charge is -2.04. The number of nitrogens with one attached hydrogen (secondary N) is 1. The molecule has 3 heteroatoms. The van der Waals surface area contributed by atoms with Crippen molar-refractivity contribution in [3.05, 3.63) is 33.8 Å². The summed E-state index contributed by atoms with van der Waals surface area (Å²) in [4.78, 5) is 11.7. The van der Waals surface area contributed by atoms with Crippen LogP contribution in [-0.4, -0.2) is 12.5 Å². The van der Waals surface area contributed by atoms with Crippen LogP contribution in [-0.2, 0) is 0 Å². The largest absolute Gasteiger partial charge is 0.351 e. The van der Waals surface area contributed by atoms with Crippen LogP contribution in [0.3, 0.4) is 0 Å². The van der Waals surface area contributed by atoms with E-state index in [0.29, 0.717) is 18.5 Å². The van der Waals surface area contributed by atoms with E-state index in [-0.39, 0.29) is 5.91 Å². The lowest BCUT2D eigenvalue weighted by molar-refractivity contribution is 0.0954. The molecule has 16 heavy (non-hydrogen) atoms. The van der Waals surface area contributed by atoms with Crippen LogP contribution in [0.5, 0.6) is 0 Å². The van der Waals surface area contributed by atoms with E-state index >= 15 is 0 Å². The van der Waals surface area contributed by atoms with Crippen LogP contribution in [0.25, 0.3) is 0 Å². The zero-order valence-electron chi connectivity index (χ0n) is 9.43. The zero-order chi connectivity index (χ0) is 12.0. The Morgan fingerprint density at radius 3 is 2.81 bits per heavy atom.